The van der Waals surface area contributed by atoms with Gasteiger partial charge in [0, 0.05) is 16.4 Å². The number of aliphatic hydroxyl groups excluding tert-OH is 1. The summed E-state index contributed by atoms with van der Waals surface area (Å²) in [6.45, 7) is 5.05. The summed E-state index contributed by atoms with van der Waals surface area (Å²) in [7, 11) is 1.35. The molecule has 0 amide bonds. The van der Waals surface area contributed by atoms with Crippen molar-refractivity contribution in [2.24, 2.45) is 22.7 Å². The average Bonchev–Trinajstić information content (AvgIpc) is 2.59. The Bertz CT molecular complexity index is 785. The van der Waals surface area contributed by atoms with Crippen molar-refractivity contribution in [2.75, 3.05) is 7.11 Å². The van der Waals surface area contributed by atoms with Gasteiger partial charge in [0.05, 0.1) is 19.4 Å². The largest absolute Gasteiger partial charge is 0.493 e. The number of allylic oxidation sites excluding steroid dienone is 1. The van der Waals surface area contributed by atoms with Gasteiger partial charge in [-0.25, -0.2) is 0 Å². The Morgan fingerprint density at radius 2 is 1.85 bits per heavy atom. The van der Waals surface area contributed by atoms with Crippen LogP contribution in [0.5, 0.6) is 0 Å². The Morgan fingerprint density at radius 1 is 1.19 bits per heavy atom. The number of rotatable bonds is 1. The maximum Gasteiger partial charge on any atom is 0.309 e. The van der Waals surface area contributed by atoms with Crippen LogP contribution in [0.25, 0.3) is 0 Å². The highest BCUT2D eigenvalue weighted by atomic mass is 16.6. The second-order valence-corrected chi connectivity index (χ2v) is 8.93. The lowest BCUT2D eigenvalue weighted by atomic mass is 9.39. The van der Waals surface area contributed by atoms with Gasteiger partial charge in [0.15, 0.2) is 11.5 Å². The van der Waals surface area contributed by atoms with Crippen molar-refractivity contribution in [3.05, 3.63) is 11.3 Å². The molecule has 3 fully saturated rings. The summed E-state index contributed by atoms with van der Waals surface area (Å²) in [5.41, 5.74) is -3.65. The molecular weight excluding hydrogens is 352 g/mol. The van der Waals surface area contributed by atoms with E-state index >= 15 is 0 Å². The number of fused-ring (bicyclic) bond motifs is 2. The fourth-order valence-corrected chi connectivity index (χ4v) is 6.52. The molecule has 2 N–H and O–H groups in total. The standard InChI is InChI=1S/C20H26O7/c1-9-15(26-4)14(23)16-18(2)10(5-6-11(21)17(18)24)7-12-19(16,3)20(9,25)8-13(22)27-12/h10-12,16,21,25H,5-8H2,1-4H3/t10-,11+,12-,16-,18+,19-,20-/m1/s1. The number of carbonyl (C=O) groups is 3. The Morgan fingerprint density at radius 3 is 2.48 bits per heavy atom. The number of ether oxygens (including phenoxy) is 2. The lowest BCUT2D eigenvalue weighted by Crippen LogP contribution is -2.75. The van der Waals surface area contributed by atoms with Crippen molar-refractivity contribution < 1.29 is 34.1 Å². The first-order valence-electron chi connectivity index (χ1n) is 9.47. The summed E-state index contributed by atoms with van der Waals surface area (Å²) in [4.78, 5) is 39.0. The summed E-state index contributed by atoms with van der Waals surface area (Å²) >= 11 is 0. The van der Waals surface area contributed by atoms with Gasteiger partial charge in [-0.3, -0.25) is 14.4 Å². The molecule has 7 atom stereocenters. The average molecular weight is 378 g/mol. The quantitative estimate of drug-likeness (QED) is 0.653. The van der Waals surface area contributed by atoms with Crippen LogP contribution in [0.1, 0.15) is 46.5 Å². The molecule has 2 saturated carbocycles. The van der Waals surface area contributed by atoms with Crippen LogP contribution < -0.4 is 0 Å². The molecule has 0 unspecified atom stereocenters. The summed E-state index contributed by atoms with van der Waals surface area (Å²) in [5, 5.41) is 22.0. The Kier molecular flexibility index (Phi) is 3.73. The van der Waals surface area contributed by atoms with Crippen LogP contribution in [-0.4, -0.2) is 52.7 Å². The van der Waals surface area contributed by atoms with E-state index in [1.807, 2.05) is 0 Å². The third kappa shape index (κ3) is 1.92. The third-order valence-electron chi connectivity index (χ3n) is 8.05. The lowest BCUT2D eigenvalue weighted by molar-refractivity contribution is -0.254. The third-order valence-corrected chi connectivity index (χ3v) is 8.05. The zero-order valence-electron chi connectivity index (χ0n) is 16.1. The molecule has 148 valence electrons. The van der Waals surface area contributed by atoms with Crippen molar-refractivity contribution in [2.45, 2.75) is 64.3 Å². The van der Waals surface area contributed by atoms with Gasteiger partial charge in [0.2, 0.25) is 5.78 Å². The van der Waals surface area contributed by atoms with Gasteiger partial charge in [-0.1, -0.05) is 13.8 Å². The van der Waals surface area contributed by atoms with Gasteiger partial charge < -0.3 is 19.7 Å². The number of carbonyl (C=O) groups excluding carboxylic acids is 3. The number of hydrogen-bond donors (Lipinski definition) is 2. The molecule has 1 saturated heterocycles. The maximum atomic E-state index is 13.5. The lowest BCUT2D eigenvalue weighted by Gasteiger charge is -2.66. The van der Waals surface area contributed by atoms with Crippen LogP contribution in [0.3, 0.4) is 0 Å². The molecule has 0 radical (unpaired) electrons. The summed E-state index contributed by atoms with van der Waals surface area (Å²) in [5.74, 6) is -2.40. The summed E-state index contributed by atoms with van der Waals surface area (Å²) < 4.78 is 11.0. The number of esters is 1. The van der Waals surface area contributed by atoms with Crippen LogP contribution in [0.15, 0.2) is 11.3 Å². The predicted molar refractivity (Wildman–Crippen MR) is 92.2 cm³/mol. The van der Waals surface area contributed by atoms with E-state index in [0.717, 1.165) is 0 Å². The number of hydrogen-bond acceptors (Lipinski definition) is 7. The Balaban J connectivity index is 2.01. The molecule has 4 rings (SSSR count). The normalized spacial score (nSPS) is 49.3. The number of methoxy groups -OCH3 is 1. The number of aliphatic hydroxyl groups is 2. The molecule has 1 aliphatic heterocycles. The van der Waals surface area contributed by atoms with Crippen molar-refractivity contribution in [3.8, 4) is 0 Å². The van der Waals surface area contributed by atoms with Crippen molar-refractivity contribution >= 4 is 17.5 Å². The number of Topliss-reactive ketones (excluding diaryl/α,β-unsaturated/α-hetero) is 2. The highest BCUT2D eigenvalue weighted by Crippen LogP contribution is 2.67. The van der Waals surface area contributed by atoms with Crippen LogP contribution in [0.4, 0.5) is 0 Å². The molecule has 7 heteroatoms. The van der Waals surface area contributed by atoms with Crippen LogP contribution in [0, 0.1) is 22.7 Å². The minimum atomic E-state index is -1.65. The van der Waals surface area contributed by atoms with E-state index in [4.69, 9.17) is 9.47 Å². The second-order valence-electron chi connectivity index (χ2n) is 8.93. The zero-order valence-corrected chi connectivity index (χ0v) is 16.1. The van der Waals surface area contributed by atoms with Crippen LogP contribution in [-0.2, 0) is 23.9 Å². The van der Waals surface area contributed by atoms with E-state index in [0.29, 0.717) is 24.8 Å². The van der Waals surface area contributed by atoms with Crippen molar-refractivity contribution in [1.82, 2.24) is 0 Å². The van der Waals surface area contributed by atoms with Gasteiger partial charge in [0.25, 0.3) is 0 Å². The van der Waals surface area contributed by atoms with E-state index in [1.54, 1.807) is 20.8 Å². The molecular formula is C20H26O7. The number of ketones is 2. The van der Waals surface area contributed by atoms with Crippen LogP contribution >= 0.6 is 0 Å². The molecule has 0 aromatic heterocycles. The topological polar surface area (TPSA) is 110 Å². The SMILES string of the molecule is COC1=C(C)[C@]2(O)CC(=O)O[C@@H]3C[C@H]4CC[C@H](O)C(=O)[C@]4(C)[C@@H](C1=O)[C@@]32C. The zero-order chi connectivity index (χ0) is 19.9. The van der Waals surface area contributed by atoms with Crippen molar-refractivity contribution in [3.63, 3.8) is 0 Å². The fourth-order valence-electron chi connectivity index (χ4n) is 6.52. The highest BCUT2D eigenvalue weighted by molar-refractivity contribution is 6.04. The fraction of sp³-hybridized carbons (Fsp3) is 0.750. The van der Waals surface area contributed by atoms with Gasteiger partial charge in [0.1, 0.15) is 17.8 Å². The smallest absolute Gasteiger partial charge is 0.309 e. The highest BCUT2D eigenvalue weighted by Gasteiger charge is 2.76. The minimum absolute atomic E-state index is 0.00293. The molecule has 0 aromatic carbocycles. The monoisotopic (exact) mass is 378 g/mol. The van der Waals surface area contributed by atoms with Gasteiger partial charge in [-0.05, 0) is 32.1 Å². The molecule has 0 spiro atoms. The summed E-state index contributed by atoms with van der Waals surface area (Å²) in [6, 6.07) is 0. The Hall–Kier alpha value is -1.73. The van der Waals surface area contributed by atoms with Crippen molar-refractivity contribution in [1.29, 1.82) is 0 Å². The molecule has 4 aliphatic rings. The summed E-state index contributed by atoms with van der Waals surface area (Å²) in [6.07, 6.45) is -0.823. The first-order chi connectivity index (χ1) is 12.5. The first kappa shape index (κ1) is 18.6. The van der Waals surface area contributed by atoms with Gasteiger partial charge in [-0.2, -0.15) is 0 Å². The van der Waals surface area contributed by atoms with Gasteiger partial charge in [-0.15, -0.1) is 0 Å². The molecule has 0 aromatic rings. The molecule has 1 heterocycles. The van der Waals surface area contributed by atoms with E-state index < -0.39 is 40.5 Å². The molecule has 3 aliphatic carbocycles. The van der Waals surface area contributed by atoms with E-state index in [1.165, 1.54) is 7.11 Å². The minimum Gasteiger partial charge on any atom is -0.493 e. The van der Waals surface area contributed by atoms with Gasteiger partial charge >= 0.3 is 5.97 Å². The van der Waals surface area contributed by atoms with E-state index in [-0.39, 0.29) is 29.7 Å². The van der Waals surface area contributed by atoms with Crippen LogP contribution in [0.2, 0.25) is 0 Å². The first-order valence-corrected chi connectivity index (χ1v) is 9.47. The molecule has 27 heavy (non-hydrogen) atoms. The predicted octanol–water partition coefficient (Wildman–Crippen LogP) is 0.909. The molecule has 0 bridgehead atoms. The Labute approximate surface area is 157 Å². The molecule has 7 nitrogen and oxygen atoms in total. The second kappa shape index (κ2) is 5.41. The van der Waals surface area contributed by atoms with E-state index in [2.05, 4.69) is 0 Å². The van der Waals surface area contributed by atoms with E-state index in [9.17, 15) is 24.6 Å². The maximum absolute atomic E-state index is 13.5.